The largest absolute Gasteiger partial charge is 0.403 e. The van der Waals surface area contributed by atoms with Crippen molar-refractivity contribution in [3.05, 3.63) is 24.7 Å². The molecule has 0 aromatic rings. The molecule has 0 aliphatic rings. The number of nitrogens with zero attached hydrogens (tertiary/aromatic N) is 1. The Kier molecular flexibility index (Phi) is 6.06. The Bertz CT molecular complexity index is 176. The van der Waals surface area contributed by atoms with Crippen LogP contribution in [0.2, 0.25) is 0 Å². The van der Waals surface area contributed by atoms with Crippen LogP contribution in [-0.4, -0.2) is 25.2 Å². The topological polar surface area (TPSA) is 38.5 Å². The van der Waals surface area contributed by atoms with Crippen molar-refractivity contribution in [2.45, 2.75) is 13.8 Å². The predicted octanol–water partition coefficient (Wildman–Crippen LogP) is 1.53. The van der Waals surface area contributed by atoms with E-state index in [0.717, 1.165) is 12.2 Å². The molecule has 0 amide bonds. The van der Waals surface area contributed by atoms with E-state index in [0.29, 0.717) is 12.5 Å². The summed E-state index contributed by atoms with van der Waals surface area (Å²) < 4.78 is 5.02. The summed E-state index contributed by atoms with van der Waals surface area (Å²) in [4.78, 5) is 2.01. The van der Waals surface area contributed by atoms with Gasteiger partial charge in [0.2, 0.25) is 0 Å². The third kappa shape index (κ3) is 4.58. The summed E-state index contributed by atoms with van der Waals surface area (Å²) >= 11 is 0. The summed E-state index contributed by atoms with van der Waals surface area (Å²) in [5.41, 5.74) is 6.43. The third-order valence-electron chi connectivity index (χ3n) is 1.64. The molecule has 3 heteroatoms. The summed E-state index contributed by atoms with van der Waals surface area (Å²) in [7, 11) is 1.65. The van der Waals surface area contributed by atoms with Crippen LogP contribution >= 0.6 is 0 Å². The van der Waals surface area contributed by atoms with Gasteiger partial charge in [0.25, 0.3) is 0 Å². The Labute approximate surface area is 80.9 Å². The number of hydrogen-bond donors (Lipinski definition) is 1. The van der Waals surface area contributed by atoms with Crippen LogP contribution in [0.3, 0.4) is 0 Å². The van der Waals surface area contributed by atoms with Gasteiger partial charge in [0, 0.05) is 19.9 Å². The van der Waals surface area contributed by atoms with E-state index in [4.69, 9.17) is 10.5 Å². The molecule has 0 spiro atoms. The molecule has 3 nitrogen and oxygen atoms in total. The van der Waals surface area contributed by atoms with E-state index in [2.05, 4.69) is 20.4 Å². The minimum absolute atomic E-state index is 0.523. The monoisotopic (exact) mass is 184 g/mol. The van der Waals surface area contributed by atoms with Gasteiger partial charge in [-0.05, 0) is 12.1 Å². The van der Waals surface area contributed by atoms with Crippen LogP contribution in [0.4, 0.5) is 0 Å². The molecular formula is C10H20N2O. The van der Waals surface area contributed by atoms with Crippen molar-refractivity contribution in [2.24, 2.45) is 11.7 Å². The molecule has 0 fully saturated rings. The average Bonchev–Trinajstić information content (AvgIpc) is 2.10. The molecule has 0 radical (unpaired) electrons. The standard InChI is InChI=1S/C10H20N2O/c1-5-12(7-9(2)3)10(6-11)8-13-4/h5-6,9H,1,7-8,11H2,2-4H3/b10-6-. The SMILES string of the molecule is C=CN(CC(C)C)/C(=C\N)COC. The van der Waals surface area contributed by atoms with Gasteiger partial charge in [-0.15, -0.1) is 0 Å². The molecule has 0 heterocycles. The zero-order valence-electron chi connectivity index (χ0n) is 8.79. The fourth-order valence-corrected chi connectivity index (χ4v) is 1.08. The maximum absolute atomic E-state index is 5.48. The van der Waals surface area contributed by atoms with Crippen LogP contribution in [-0.2, 0) is 4.74 Å². The van der Waals surface area contributed by atoms with Crippen molar-refractivity contribution in [1.82, 2.24) is 4.90 Å². The van der Waals surface area contributed by atoms with Crippen molar-refractivity contribution in [3.63, 3.8) is 0 Å². The van der Waals surface area contributed by atoms with Crippen LogP contribution in [0.5, 0.6) is 0 Å². The highest BCUT2D eigenvalue weighted by Gasteiger charge is 2.06. The van der Waals surface area contributed by atoms with Gasteiger partial charge in [0.05, 0.1) is 12.3 Å². The molecule has 0 unspecified atom stereocenters. The quantitative estimate of drug-likeness (QED) is 0.680. The fraction of sp³-hybridized carbons (Fsp3) is 0.600. The normalized spacial score (nSPS) is 11.8. The molecule has 0 bridgehead atoms. The highest BCUT2D eigenvalue weighted by atomic mass is 16.5. The van der Waals surface area contributed by atoms with Crippen molar-refractivity contribution >= 4 is 0 Å². The zero-order valence-corrected chi connectivity index (χ0v) is 8.79. The van der Waals surface area contributed by atoms with E-state index in [1.165, 1.54) is 0 Å². The molecule has 2 N–H and O–H groups in total. The Morgan fingerprint density at radius 3 is 2.54 bits per heavy atom. The summed E-state index contributed by atoms with van der Waals surface area (Å²) in [6.07, 6.45) is 3.34. The molecule has 0 aromatic heterocycles. The second-order valence-corrected chi connectivity index (χ2v) is 3.32. The van der Waals surface area contributed by atoms with Crippen LogP contribution in [0.15, 0.2) is 24.7 Å². The highest BCUT2D eigenvalue weighted by Crippen LogP contribution is 2.07. The first-order chi connectivity index (χ1) is 6.15. The Balaban J connectivity index is 4.26. The van der Waals surface area contributed by atoms with Crippen molar-refractivity contribution < 1.29 is 4.74 Å². The van der Waals surface area contributed by atoms with Crippen molar-refractivity contribution in [2.75, 3.05) is 20.3 Å². The Hall–Kier alpha value is -0.960. The summed E-state index contributed by atoms with van der Waals surface area (Å²) in [5, 5.41) is 0. The lowest BCUT2D eigenvalue weighted by Gasteiger charge is -2.24. The maximum atomic E-state index is 5.48. The lowest BCUT2D eigenvalue weighted by Crippen LogP contribution is -2.24. The summed E-state index contributed by atoms with van der Waals surface area (Å²) in [5.74, 6) is 0.574. The molecule has 76 valence electrons. The second-order valence-electron chi connectivity index (χ2n) is 3.32. The number of methoxy groups -OCH3 is 1. The first kappa shape index (κ1) is 12.0. The zero-order chi connectivity index (χ0) is 10.3. The lowest BCUT2D eigenvalue weighted by atomic mass is 10.2. The molecule has 0 aromatic carbocycles. The van der Waals surface area contributed by atoms with Crippen LogP contribution < -0.4 is 5.73 Å². The maximum Gasteiger partial charge on any atom is 0.0878 e. The molecule has 0 aliphatic carbocycles. The molecule has 0 saturated heterocycles. The minimum atomic E-state index is 0.523. The van der Waals surface area contributed by atoms with Gasteiger partial charge >= 0.3 is 0 Å². The van der Waals surface area contributed by atoms with Gasteiger partial charge in [-0.3, -0.25) is 0 Å². The van der Waals surface area contributed by atoms with E-state index in [-0.39, 0.29) is 0 Å². The van der Waals surface area contributed by atoms with Crippen LogP contribution in [0.1, 0.15) is 13.8 Å². The molecule has 0 atom stereocenters. The van der Waals surface area contributed by atoms with Gasteiger partial charge in [-0.25, -0.2) is 0 Å². The molecular weight excluding hydrogens is 164 g/mol. The van der Waals surface area contributed by atoms with E-state index in [1.54, 1.807) is 19.5 Å². The number of ether oxygens (including phenoxy) is 1. The number of hydrogen-bond acceptors (Lipinski definition) is 3. The highest BCUT2D eigenvalue weighted by molar-refractivity contribution is 5.03. The van der Waals surface area contributed by atoms with E-state index in [1.807, 2.05) is 4.90 Å². The van der Waals surface area contributed by atoms with Gasteiger partial charge in [0.15, 0.2) is 0 Å². The smallest absolute Gasteiger partial charge is 0.0878 e. The van der Waals surface area contributed by atoms with Crippen molar-refractivity contribution in [1.29, 1.82) is 0 Å². The second kappa shape index (κ2) is 6.54. The molecule has 0 rings (SSSR count). The van der Waals surface area contributed by atoms with Crippen molar-refractivity contribution in [3.8, 4) is 0 Å². The summed E-state index contributed by atoms with van der Waals surface area (Å²) in [6, 6.07) is 0. The number of nitrogens with two attached hydrogens (primary N) is 1. The van der Waals surface area contributed by atoms with Gasteiger partial charge in [-0.2, -0.15) is 0 Å². The molecule has 0 aliphatic heterocycles. The lowest BCUT2D eigenvalue weighted by molar-refractivity contribution is 0.198. The van der Waals surface area contributed by atoms with Crippen LogP contribution in [0, 0.1) is 5.92 Å². The first-order valence-electron chi connectivity index (χ1n) is 4.44. The van der Waals surface area contributed by atoms with E-state index < -0.39 is 0 Å². The fourth-order valence-electron chi connectivity index (χ4n) is 1.08. The van der Waals surface area contributed by atoms with Gasteiger partial charge in [0.1, 0.15) is 0 Å². The Morgan fingerprint density at radius 1 is 1.62 bits per heavy atom. The van der Waals surface area contributed by atoms with E-state index >= 15 is 0 Å². The van der Waals surface area contributed by atoms with Gasteiger partial charge in [-0.1, -0.05) is 20.4 Å². The van der Waals surface area contributed by atoms with Gasteiger partial charge < -0.3 is 15.4 Å². The average molecular weight is 184 g/mol. The minimum Gasteiger partial charge on any atom is -0.403 e. The predicted molar refractivity (Wildman–Crippen MR) is 55.9 cm³/mol. The molecule has 13 heavy (non-hydrogen) atoms. The third-order valence-corrected chi connectivity index (χ3v) is 1.64. The van der Waals surface area contributed by atoms with Crippen LogP contribution in [0.25, 0.3) is 0 Å². The Morgan fingerprint density at radius 2 is 2.23 bits per heavy atom. The first-order valence-corrected chi connectivity index (χ1v) is 4.44. The summed E-state index contributed by atoms with van der Waals surface area (Å²) in [6.45, 7) is 9.48. The molecule has 0 saturated carbocycles. The van der Waals surface area contributed by atoms with E-state index in [9.17, 15) is 0 Å². The number of rotatable bonds is 6.